The minimum absolute atomic E-state index is 0.718. The first kappa shape index (κ1) is 97.8. The molecule has 0 bridgehead atoms. The van der Waals surface area contributed by atoms with Crippen LogP contribution in [-0.2, 0) is 38.5 Å². The molecule has 0 fully saturated rings. The normalized spacial score (nSPS) is 13.6. The zero-order valence-electron chi connectivity index (χ0n) is 81.1. The van der Waals surface area contributed by atoms with Crippen LogP contribution in [0.4, 0.5) is 0 Å². The first-order valence-corrected chi connectivity index (χ1v) is 63.6. The van der Waals surface area contributed by atoms with Crippen LogP contribution in [0.1, 0.15) is 266 Å². The molecule has 0 N–H and O–H groups in total. The lowest BCUT2D eigenvalue weighted by Gasteiger charge is -2.13. The molecule has 0 aliphatic heterocycles. The number of thiophene rings is 15. The molecule has 135 heavy (non-hydrogen) atoms. The standard InChI is InChI=1S/C120H132S15/c1-13-25-31-73(19-7)61-82-37-43-100(124-82)109-88-55-58-121-115(88)112(103-46-40-85(127-103)64-76(22-10)34-28-16-4)91-70-106(133-118(91)109)97-52-49-94(130-97)79-67-80(95-50-53-98(131-95)107-71-92-113(104-47-41-86(128-104)65-77(23-11)35-29-17-5)116-89(56-59-122-116)110(119(92)134-107)101-44-38-83(125-101)62-74(20-8)32-26-14-2)69-81(68-79)96-51-54-99(132-96)108-72-93-114(105-48-42-87(129-105)66-78(24-12)36-30-18-6)117-90(57-60-123-117)111(120(93)135-108)102-45-39-84(126-102)63-75(21-9)33-27-15-3/h37-60,67-78H,13-36,61-66H2,1-12H3. The van der Waals surface area contributed by atoms with Gasteiger partial charge >= 0.3 is 0 Å². The van der Waals surface area contributed by atoms with Crippen LogP contribution < -0.4 is 0 Å². The van der Waals surface area contributed by atoms with Crippen molar-refractivity contribution in [1.82, 2.24) is 0 Å². The number of rotatable bonds is 48. The average Bonchev–Trinajstić information content (AvgIpc) is 1.58. The second-order valence-electron chi connectivity index (χ2n) is 38.4. The van der Waals surface area contributed by atoms with Crippen molar-refractivity contribution < 1.29 is 0 Å². The highest BCUT2D eigenvalue weighted by Crippen LogP contribution is 2.59. The molecule has 702 valence electrons. The summed E-state index contributed by atoms with van der Waals surface area (Å²) in [5.41, 5.74) is 12.4. The van der Waals surface area contributed by atoms with Gasteiger partial charge in [-0.25, -0.2) is 0 Å². The number of fused-ring (bicyclic) bond motifs is 6. The van der Waals surface area contributed by atoms with E-state index in [1.165, 1.54) is 406 Å². The first-order valence-electron chi connectivity index (χ1n) is 51.2. The van der Waals surface area contributed by atoms with E-state index >= 15 is 0 Å². The Morgan fingerprint density at radius 3 is 0.585 bits per heavy atom. The van der Waals surface area contributed by atoms with Crippen molar-refractivity contribution in [3.05, 3.63) is 209 Å². The minimum Gasteiger partial charge on any atom is -0.143 e. The zero-order valence-corrected chi connectivity index (χ0v) is 93.4. The number of benzene rings is 4. The second-order valence-corrected chi connectivity index (χ2v) is 54.6. The molecule has 6 atom stereocenters. The van der Waals surface area contributed by atoms with E-state index < -0.39 is 0 Å². The van der Waals surface area contributed by atoms with Crippen molar-refractivity contribution in [3.63, 3.8) is 0 Å². The Bertz CT molecular complexity index is 6140. The average molecular weight is 2060 g/mol. The van der Waals surface area contributed by atoms with Crippen LogP contribution in [0.3, 0.4) is 0 Å². The fourth-order valence-electron chi connectivity index (χ4n) is 21.0. The van der Waals surface area contributed by atoms with Gasteiger partial charge in [0.2, 0.25) is 0 Å². The third-order valence-corrected chi connectivity index (χ3v) is 46.1. The lowest BCUT2D eigenvalue weighted by molar-refractivity contribution is 0.452. The summed E-state index contributed by atoms with van der Waals surface area (Å²) in [6.07, 6.45) is 37.6. The summed E-state index contributed by atoms with van der Waals surface area (Å²) in [6.45, 7) is 28.5. The maximum Gasteiger partial charge on any atom is 0.0455 e. The molecule has 19 rings (SSSR count). The molecule has 0 aliphatic rings. The maximum atomic E-state index is 2.62. The molecule has 0 saturated carbocycles. The van der Waals surface area contributed by atoms with Gasteiger partial charge in [-0.2, -0.15) is 0 Å². The fourth-order valence-corrected chi connectivity index (χ4v) is 38.4. The van der Waals surface area contributed by atoms with Crippen molar-refractivity contribution in [2.45, 2.75) is 276 Å². The molecule has 6 unspecified atom stereocenters. The summed E-state index contributed by atoms with van der Waals surface area (Å²) in [4.78, 5) is 29.6. The van der Waals surface area contributed by atoms with Crippen LogP contribution in [0.2, 0.25) is 0 Å². The summed E-state index contributed by atoms with van der Waals surface area (Å²) < 4.78 is 8.56. The lowest BCUT2D eigenvalue weighted by Crippen LogP contribution is -2.01. The van der Waals surface area contributed by atoms with Gasteiger partial charge in [-0.3, -0.25) is 0 Å². The number of unbranched alkanes of at least 4 members (excludes halogenated alkanes) is 6. The van der Waals surface area contributed by atoms with E-state index in [-0.39, 0.29) is 0 Å². The Kier molecular flexibility index (Phi) is 32.9. The Morgan fingerprint density at radius 2 is 0.378 bits per heavy atom. The Morgan fingerprint density at radius 1 is 0.178 bits per heavy atom. The van der Waals surface area contributed by atoms with Crippen LogP contribution in [0, 0.1) is 35.5 Å². The summed E-state index contributed by atoms with van der Waals surface area (Å²) in [7, 11) is 0. The second kappa shape index (κ2) is 45.5. The fraction of sp³-hybridized carbons (Fsp3) is 0.400. The SMILES string of the molecule is CCCCC(CC)Cc1ccc(-c2c3cc(-c4ccc(-c5cc(-c6ccc(-c7cc8c(-c9ccc(CC(CC)CCCC)s9)c9sccc9c(-c9ccc(CC(CC)CCCC)s9)c8s7)s6)cc(-c6ccc(-c7cc8c(-c9ccc(CC(CC)CCCC)s9)c9sccc9c(-c9ccc(CC(CC)CCCC)s9)c8s7)s6)c5)s4)sc3c(-c3ccc(CC(CC)CCCC)s3)c3ccsc23)s1. The van der Waals surface area contributed by atoms with Gasteiger partial charge in [0.25, 0.3) is 0 Å². The van der Waals surface area contributed by atoms with Crippen molar-refractivity contribution in [1.29, 1.82) is 0 Å². The van der Waals surface area contributed by atoms with E-state index in [1.807, 2.05) is 102 Å². The van der Waals surface area contributed by atoms with Crippen LogP contribution in [-0.4, -0.2) is 0 Å². The molecule has 0 spiro atoms. The number of hydrogen-bond acceptors (Lipinski definition) is 15. The Labute approximate surface area is 864 Å². The van der Waals surface area contributed by atoms with E-state index in [4.69, 9.17) is 0 Å². The molecule has 15 heterocycles. The largest absolute Gasteiger partial charge is 0.143 e. The van der Waals surface area contributed by atoms with Gasteiger partial charge in [0, 0.05) is 196 Å². The van der Waals surface area contributed by atoms with Crippen LogP contribution >= 0.6 is 170 Å². The molecule has 0 nitrogen and oxygen atoms in total. The molecule has 0 saturated heterocycles. The zero-order chi connectivity index (χ0) is 92.7. The molecule has 15 heteroatoms. The monoisotopic (exact) mass is 2050 g/mol. The van der Waals surface area contributed by atoms with E-state index in [1.54, 1.807) is 0 Å². The van der Waals surface area contributed by atoms with Gasteiger partial charge in [0.05, 0.1) is 0 Å². The van der Waals surface area contributed by atoms with Crippen LogP contribution in [0.25, 0.3) is 184 Å². The molecular formula is C120H132S15. The predicted octanol–water partition coefficient (Wildman–Crippen LogP) is 46.1. The molecule has 19 aromatic rings. The highest BCUT2D eigenvalue weighted by atomic mass is 32.2. The molecular weight excluding hydrogens is 1920 g/mol. The third-order valence-electron chi connectivity index (χ3n) is 29.2. The predicted molar refractivity (Wildman–Crippen MR) is 627 cm³/mol. The Hall–Kier alpha value is -6.06. The topological polar surface area (TPSA) is 0 Å². The molecule has 0 aliphatic carbocycles. The van der Waals surface area contributed by atoms with E-state index in [2.05, 4.69) is 331 Å². The third kappa shape index (κ3) is 21.3. The smallest absolute Gasteiger partial charge is 0.0455 e. The van der Waals surface area contributed by atoms with Crippen molar-refractivity contribution in [3.8, 4) is 123 Å². The van der Waals surface area contributed by atoms with Crippen molar-refractivity contribution in [2.24, 2.45) is 35.5 Å². The van der Waals surface area contributed by atoms with E-state index in [0.717, 1.165) is 35.5 Å². The summed E-state index contributed by atoms with van der Waals surface area (Å²) >= 11 is 30.3. The van der Waals surface area contributed by atoms with Gasteiger partial charge in [-0.15, -0.1) is 170 Å². The maximum absolute atomic E-state index is 2.62. The molecule has 4 aromatic carbocycles. The van der Waals surface area contributed by atoms with Gasteiger partial charge in [-0.05, 0) is 271 Å². The molecule has 0 radical (unpaired) electrons. The number of hydrogen-bond donors (Lipinski definition) is 0. The summed E-state index contributed by atoms with van der Waals surface area (Å²) in [6, 6.07) is 67.6. The molecule has 0 amide bonds. The van der Waals surface area contributed by atoms with Gasteiger partial charge in [0.15, 0.2) is 0 Å². The van der Waals surface area contributed by atoms with Crippen molar-refractivity contribution in [2.75, 3.05) is 0 Å². The minimum atomic E-state index is 0.718. The highest BCUT2D eigenvalue weighted by molar-refractivity contribution is 7.31. The van der Waals surface area contributed by atoms with Gasteiger partial charge < -0.3 is 0 Å². The quantitative estimate of drug-likeness (QED) is 0.0357. The van der Waals surface area contributed by atoms with Crippen molar-refractivity contribution >= 4 is 231 Å². The molecule has 15 aromatic heterocycles. The first-order chi connectivity index (χ1) is 66.3. The van der Waals surface area contributed by atoms with Gasteiger partial charge in [-0.1, -0.05) is 237 Å². The Balaban J connectivity index is 0.752. The van der Waals surface area contributed by atoms with Crippen LogP contribution in [0.5, 0.6) is 0 Å². The summed E-state index contributed by atoms with van der Waals surface area (Å²) in [5.74, 6) is 4.31. The summed E-state index contributed by atoms with van der Waals surface area (Å²) in [5, 5.41) is 15.6. The van der Waals surface area contributed by atoms with E-state index in [9.17, 15) is 0 Å². The highest BCUT2D eigenvalue weighted by Gasteiger charge is 2.31. The van der Waals surface area contributed by atoms with Crippen LogP contribution in [0.15, 0.2) is 180 Å². The van der Waals surface area contributed by atoms with Gasteiger partial charge in [0.1, 0.15) is 0 Å². The lowest BCUT2D eigenvalue weighted by atomic mass is 9.95. The van der Waals surface area contributed by atoms with E-state index in [0.29, 0.717) is 0 Å².